The molecule has 0 radical (unpaired) electrons. The first kappa shape index (κ1) is 14.3. The van der Waals surface area contributed by atoms with Crippen LogP contribution in [0.2, 0.25) is 5.54 Å². The van der Waals surface area contributed by atoms with E-state index in [4.69, 9.17) is 13.3 Å². The van der Waals surface area contributed by atoms with Crippen molar-refractivity contribution >= 4 is 8.80 Å². The topological polar surface area (TPSA) is 27.7 Å². The van der Waals surface area contributed by atoms with Crippen LogP contribution in [0.15, 0.2) is 12.2 Å². The quantitative estimate of drug-likeness (QED) is 0.524. The molecule has 0 aliphatic heterocycles. The fourth-order valence-corrected chi connectivity index (χ4v) is 6.88. The molecular formula is C14H26O3Si. The Kier molecular flexibility index (Phi) is 5.01. The summed E-state index contributed by atoms with van der Waals surface area (Å²) in [7, 11) is -2.50. The highest BCUT2D eigenvalue weighted by Gasteiger charge is 2.54. The molecule has 3 aliphatic carbocycles. The molecule has 3 rings (SSSR count). The molecule has 18 heavy (non-hydrogen) atoms. The van der Waals surface area contributed by atoms with E-state index in [2.05, 4.69) is 12.2 Å². The Hall–Kier alpha value is -0.163. The SMILES string of the molecule is CCO[Si](OCC)(OCC)C1CC2C=CC1CC2. The van der Waals surface area contributed by atoms with Crippen LogP contribution in [0.4, 0.5) is 0 Å². The number of fused-ring (bicyclic) bond motifs is 2. The number of hydrogen-bond donors (Lipinski definition) is 0. The van der Waals surface area contributed by atoms with Gasteiger partial charge in [-0.05, 0) is 51.9 Å². The van der Waals surface area contributed by atoms with Crippen molar-refractivity contribution in [1.29, 1.82) is 0 Å². The third-order valence-corrected chi connectivity index (χ3v) is 7.71. The first-order valence-corrected chi connectivity index (χ1v) is 9.16. The molecule has 0 saturated heterocycles. The van der Waals surface area contributed by atoms with Crippen molar-refractivity contribution < 1.29 is 13.3 Å². The van der Waals surface area contributed by atoms with E-state index in [0.717, 1.165) is 0 Å². The second kappa shape index (κ2) is 6.33. The van der Waals surface area contributed by atoms with E-state index >= 15 is 0 Å². The first-order chi connectivity index (χ1) is 8.75. The lowest BCUT2D eigenvalue weighted by molar-refractivity contribution is 0.0469. The van der Waals surface area contributed by atoms with Gasteiger partial charge in [0.2, 0.25) is 0 Å². The minimum absolute atomic E-state index is 0.473. The number of rotatable bonds is 7. The van der Waals surface area contributed by atoms with Crippen LogP contribution in [0, 0.1) is 11.8 Å². The smallest absolute Gasteiger partial charge is 0.374 e. The maximum atomic E-state index is 6.06. The summed E-state index contributed by atoms with van der Waals surface area (Å²) in [5, 5.41) is 0. The van der Waals surface area contributed by atoms with Crippen molar-refractivity contribution in [3.63, 3.8) is 0 Å². The predicted octanol–water partition coefficient (Wildman–Crippen LogP) is 3.39. The second-order valence-electron chi connectivity index (χ2n) is 5.13. The zero-order valence-electron chi connectivity index (χ0n) is 11.9. The van der Waals surface area contributed by atoms with Gasteiger partial charge < -0.3 is 13.3 Å². The Morgan fingerprint density at radius 1 is 0.944 bits per heavy atom. The number of allylic oxidation sites excluding steroid dienone is 2. The van der Waals surface area contributed by atoms with Crippen LogP contribution in [0.3, 0.4) is 0 Å². The summed E-state index contributed by atoms with van der Waals surface area (Å²) >= 11 is 0. The highest BCUT2D eigenvalue weighted by atomic mass is 28.4. The Balaban J connectivity index is 2.19. The molecule has 0 heterocycles. The fraction of sp³-hybridized carbons (Fsp3) is 0.857. The van der Waals surface area contributed by atoms with E-state index in [1.54, 1.807) is 0 Å². The van der Waals surface area contributed by atoms with Crippen molar-refractivity contribution in [2.24, 2.45) is 11.8 Å². The van der Waals surface area contributed by atoms with Crippen molar-refractivity contribution in [3.8, 4) is 0 Å². The second-order valence-corrected chi connectivity index (χ2v) is 7.95. The lowest BCUT2D eigenvalue weighted by Crippen LogP contribution is -2.54. The molecule has 1 saturated carbocycles. The zero-order valence-corrected chi connectivity index (χ0v) is 12.9. The van der Waals surface area contributed by atoms with E-state index < -0.39 is 8.80 Å². The minimum Gasteiger partial charge on any atom is -0.374 e. The maximum Gasteiger partial charge on any atom is 0.504 e. The van der Waals surface area contributed by atoms with Gasteiger partial charge in [-0.2, -0.15) is 0 Å². The van der Waals surface area contributed by atoms with Crippen LogP contribution < -0.4 is 0 Å². The monoisotopic (exact) mass is 270 g/mol. The molecule has 4 heteroatoms. The highest BCUT2D eigenvalue weighted by molar-refractivity contribution is 6.62. The van der Waals surface area contributed by atoms with Gasteiger partial charge in [-0.15, -0.1) is 0 Å². The van der Waals surface area contributed by atoms with Crippen LogP contribution in [0.25, 0.3) is 0 Å². The summed E-state index contributed by atoms with van der Waals surface area (Å²) in [6, 6.07) is 0. The van der Waals surface area contributed by atoms with Gasteiger partial charge in [0.05, 0.1) is 0 Å². The van der Waals surface area contributed by atoms with E-state index in [0.29, 0.717) is 37.2 Å². The van der Waals surface area contributed by atoms with Gasteiger partial charge in [-0.1, -0.05) is 12.2 Å². The molecule has 0 aromatic rings. The fourth-order valence-electron chi connectivity index (χ4n) is 3.39. The van der Waals surface area contributed by atoms with Crippen LogP contribution in [-0.2, 0) is 13.3 Å². The van der Waals surface area contributed by atoms with Crippen LogP contribution in [0.5, 0.6) is 0 Å². The maximum absolute atomic E-state index is 6.06. The molecule has 3 aliphatic rings. The standard InChI is InChI=1S/C14H26O3Si/c1-4-15-18(16-5-2,17-6-3)14-11-12-7-9-13(14)10-8-12/h7,9,12-14H,4-6,8,10-11H2,1-3H3. The molecule has 0 aromatic carbocycles. The molecule has 0 aromatic heterocycles. The summed E-state index contributed by atoms with van der Waals surface area (Å²) < 4.78 is 18.2. The average Bonchev–Trinajstić information content (AvgIpc) is 2.41. The molecule has 0 amide bonds. The van der Waals surface area contributed by atoms with Crippen molar-refractivity contribution in [1.82, 2.24) is 0 Å². The van der Waals surface area contributed by atoms with E-state index in [-0.39, 0.29) is 0 Å². The van der Waals surface area contributed by atoms with E-state index in [1.807, 2.05) is 20.8 Å². The lowest BCUT2D eigenvalue weighted by Gasteiger charge is -2.45. The number of hydrogen-bond acceptors (Lipinski definition) is 3. The molecule has 0 spiro atoms. The van der Waals surface area contributed by atoms with Crippen molar-refractivity contribution in [3.05, 3.63) is 12.2 Å². The van der Waals surface area contributed by atoms with E-state index in [1.165, 1.54) is 19.3 Å². The molecule has 3 unspecified atom stereocenters. The van der Waals surface area contributed by atoms with Crippen molar-refractivity contribution in [2.75, 3.05) is 19.8 Å². The van der Waals surface area contributed by atoms with Gasteiger partial charge in [0.1, 0.15) is 0 Å². The largest absolute Gasteiger partial charge is 0.504 e. The lowest BCUT2D eigenvalue weighted by atomic mass is 9.76. The summed E-state index contributed by atoms with van der Waals surface area (Å²) in [6.07, 6.45) is 8.54. The van der Waals surface area contributed by atoms with Gasteiger partial charge in [0.25, 0.3) is 0 Å². The van der Waals surface area contributed by atoms with Gasteiger partial charge in [0.15, 0.2) is 0 Å². The third-order valence-electron chi connectivity index (χ3n) is 4.07. The summed E-state index contributed by atoms with van der Waals surface area (Å²) in [5.74, 6) is 1.32. The Bertz CT molecular complexity index is 276. The summed E-state index contributed by atoms with van der Waals surface area (Å²) in [6.45, 7) is 8.17. The molecular weight excluding hydrogens is 244 g/mol. The minimum atomic E-state index is -2.50. The molecule has 3 atom stereocenters. The summed E-state index contributed by atoms with van der Waals surface area (Å²) in [5.41, 5.74) is 0.473. The van der Waals surface area contributed by atoms with E-state index in [9.17, 15) is 0 Å². The Morgan fingerprint density at radius 2 is 1.56 bits per heavy atom. The van der Waals surface area contributed by atoms with Crippen LogP contribution in [0.1, 0.15) is 40.0 Å². The Labute approximate surface area is 112 Å². The third kappa shape index (κ3) is 2.71. The first-order valence-electron chi connectivity index (χ1n) is 7.35. The molecule has 1 fully saturated rings. The summed E-state index contributed by atoms with van der Waals surface area (Å²) in [4.78, 5) is 0. The molecule has 0 N–H and O–H groups in total. The normalized spacial score (nSPS) is 30.9. The van der Waals surface area contributed by atoms with Gasteiger partial charge in [-0.25, -0.2) is 0 Å². The van der Waals surface area contributed by atoms with Gasteiger partial charge >= 0.3 is 8.80 Å². The Morgan fingerprint density at radius 3 is 1.89 bits per heavy atom. The average molecular weight is 270 g/mol. The van der Waals surface area contributed by atoms with Crippen molar-refractivity contribution in [2.45, 2.75) is 45.6 Å². The van der Waals surface area contributed by atoms with Crippen LogP contribution in [-0.4, -0.2) is 28.6 Å². The predicted molar refractivity (Wildman–Crippen MR) is 74.4 cm³/mol. The molecule has 3 nitrogen and oxygen atoms in total. The van der Waals surface area contributed by atoms with Crippen LogP contribution >= 0.6 is 0 Å². The van der Waals surface area contributed by atoms with Gasteiger partial charge in [0, 0.05) is 25.4 Å². The zero-order chi connectivity index (χ0) is 13.0. The van der Waals surface area contributed by atoms with Gasteiger partial charge in [-0.3, -0.25) is 0 Å². The molecule has 2 bridgehead atoms. The molecule has 104 valence electrons. The highest BCUT2D eigenvalue weighted by Crippen LogP contribution is 2.49.